The summed E-state index contributed by atoms with van der Waals surface area (Å²) in [4.78, 5) is 24.6. The second kappa shape index (κ2) is 10.7. The van der Waals surface area contributed by atoms with Gasteiger partial charge in [0.15, 0.2) is 0 Å². The highest BCUT2D eigenvalue weighted by Gasteiger charge is 2.31. The monoisotopic (exact) mass is 500 g/mol. The van der Waals surface area contributed by atoms with Crippen molar-refractivity contribution in [2.24, 2.45) is 0 Å². The summed E-state index contributed by atoms with van der Waals surface area (Å²) in [5, 5.41) is 5.51. The van der Waals surface area contributed by atoms with Crippen LogP contribution in [0, 0.1) is 0 Å². The summed E-state index contributed by atoms with van der Waals surface area (Å²) in [7, 11) is 1.30. The van der Waals surface area contributed by atoms with Gasteiger partial charge in [0.25, 0.3) is 0 Å². The quantitative estimate of drug-likeness (QED) is 0.375. The maximum absolute atomic E-state index is 12.8. The van der Waals surface area contributed by atoms with Gasteiger partial charge in [-0.3, -0.25) is 0 Å². The van der Waals surface area contributed by atoms with E-state index in [1.54, 1.807) is 24.3 Å². The molecule has 3 aromatic rings. The molecular formula is C27H27F3N2O4. The van der Waals surface area contributed by atoms with Crippen LogP contribution in [0.15, 0.2) is 72.8 Å². The van der Waals surface area contributed by atoms with Crippen molar-refractivity contribution < 1.29 is 32.2 Å². The molecule has 0 aliphatic carbocycles. The first kappa shape index (κ1) is 26.6. The largest absolute Gasteiger partial charge is 0.573 e. The number of amides is 2. The third-order valence-electron chi connectivity index (χ3n) is 5.40. The smallest absolute Gasteiger partial charge is 0.465 e. The Morgan fingerprint density at radius 2 is 1.33 bits per heavy atom. The van der Waals surface area contributed by atoms with Crippen LogP contribution in [-0.4, -0.2) is 25.5 Å². The highest BCUT2D eigenvalue weighted by Crippen LogP contribution is 2.28. The van der Waals surface area contributed by atoms with E-state index in [9.17, 15) is 22.8 Å². The van der Waals surface area contributed by atoms with Crippen LogP contribution in [-0.2, 0) is 10.2 Å². The lowest BCUT2D eigenvalue weighted by Crippen LogP contribution is -2.33. The first-order valence-electron chi connectivity index (χ1n) is 11.1. The lowest BCUT2D eigenvalue weighted by atomic mass is 9.85. The van der Waals surface area contributed by atoms with Crippen molar-refractivity contribution >= 4 is 17.7 Å². The lowest BCUT2D eigenvalue weighted by Gasteiger charge is -2.23. The number of hydrogen-bond donors (Lipinski definition) is 2. The fraction of sp³-hybridized carbons (Fsp3) is 0.259. The van der Waals surface area contributed by atoms with E-state index in [-0.39, 0.29) is 11.1 Å². The molecule has 190 valence electrons. The van der Waals surface area contributed by atoms with Crippen LogP contribution in [0.25, 0.3) is 0 Å². The third kappa shape index (κ3) is 7.24. The van der Waals surface area contributed by atoms with Crippen LogP contribution in [0.3, 0.4) is 0 Å². The standard InChI is InChI=1S/C27H27F3N2O4/c1-26(2,3)20-11-9-18(10-12-20)23(17-5-7-19(8-6-17)24(33)35-4)32-25(34)31-21-13-15-22(16-14-21)36-27(28,29)30/h5-16,23H,1-4H3,(H2,31,32,34). The van der Waals surface area contributed by atoms with Crippen LogP contribution in [0.1, 0.15) is 53.9 Å². The molecular weight excluding hydrogens is 473 g/mol. The lowest BCUT2D eigenvalue weighted by molar-refractivity contribution is -0.274. The van der Waals surface area contributed by atoms with Gasteiger partial charge in [-0.15, -0.1) is 13.2 Å². The van der Waals surface area contributed by atoms with Crippen molar-refractivity contribution in [2.45, 2.75) is 38.6 Å². The maximum atomic E-state index is 12.8. The topological polar surface area (TPSA) is 76.7 Å². The average Bonchev–Trinajstić information content (AvgIpc) is 2.82. The van der Waals surface area contributed by atoms with Gasteiger partial charge in [-0.1, -0.05) is 57.2 Å². The number of halogens is 3. The van der Waals surface area contributed by atoms with E-state index in [1.165, 1.54) is 19.2 Å². The summed E-state index contributed by atoms with van der Waals surface area (Å²) in [6.45, 7) is 6.30. The van der Waals surface area contributed by atoms with Crippen molar-refractivity contribution in [3.8, 4) is 5.75 Å². The van der Waals surface area contributed by atoms with Crippen molar-refractivity contribution in [1.82, 2.24) is 5.32 Å². The number of esters is 1. The Hall–Kier alpha value is -4.01. The van der Waals surface area contributed by atoms with E-state index in [1.807, 2.05) is 24.3 Å². The summed E-state index contributed by atoms with van der Waals surface area (Å²) < 4.78 is 45.7. The first-order valence-corrected chi connectivity index (χ1v) is 11.1. The van der Waals surface area contributed by atoms with Gasteiger partial charge in [-0.05, 0) is 58.5 Å². The second-order valence-corrected chi connectivity index (χ2v) is 9.09. The van der Waals surface area contributed by atoms with Crippen LogP contribution in [0.2, 0.25) is 0 Å². The van der Waals surface area contributed by atoms with Crippen LogP contribution >= 0.6 is 0 Å². The van der Waals surface area contributed by atoms with Gasteiger partial charge in [-0.2, -0.15) is 0 Å². The normalized spacial score (nSPS) is 12.4. The number of carbonyl (C=O) groups is 2. The van der Waals surface area contributed by atoms with E-state index >= 15 is 0 Å². The Bertz CT molecular complexity index is 1180. The fourth-order valence-corrected chi connectivity index (χ4v) is 3.50. The van der Waals surface area contributed by atoms with Gasteiger partial charge in [0.1, 0.15) is 5.75 Å². The van der Waals surface area contributed by atoms with Gasteiger partial charge in [0, 0.05) is 5.69 Å². The minimum absolute atomic E-state index is 0.0526. The second-order valence-electron chi connectivity index (χ2n) is 9.09. The zero-order valence-corrected chi connectivity index (χ0v) is 20.3. The molecule has 1 atom stereocenters. The van der Waals surface area contributed by atoms with E-state index in [0.29, 0.717) is 5.56 Å². The Balaban J connectivity index is 1.83. The molecule has 0 heterocycles. The number of nitrogens with one attached hydrogen (secondary N) is 2. The van der Waals surface area contributed by atoms with Crippen LogP contribution in [0.5, 0.6) is 5.75 Å². The minimum atomic E-state index is -4.80. The molecule has 0 bridgehead atoms. The van der Waals surface area contributed by atoms with Gasteiger partial charge in [-0.25, -0.2) is 9.59 Å². The van der Waals surface area contributed by atoms with Crippen molar-refractivity contribution in [2.75, 3.05) is 12.4 Å². The van der Waals surface area contributed by atoms with Crippen LogP contribution < -0.4 is 15.4 Å². The van der Waals surface area contributed by atoms with Crippen LogP contribution in [0.4, 0.5) is 23.7 Å². The number of alkyl halides is 3. The summed E-state index contributed by atoms with van der Waals surface area (Å²) in [6, 6.07) is 18.2. The molecule has 0 radical (unpaired) electrons. The molecule has 2 amide bonds. The molecule has 0 aliphatic heterocycles. The number of benzene rings is 3. The average molecular weight is 501 g/mol. The molecule has 2 N–H and O–H groups in total. The number of carbonyl (C=O) groups excluding carboxylic acids is 2. The predicted molar refractivity (Wildman–Crippen MR) is 130 cm³/mol. The van der Waals surface area contributed by atoms with Gasteiger partial charge in [0.2, 0.25) is 0 Å². The van der Waals surface area contributed by atoms with Crippen molar-refractivity contribution in [3.63, 3.8) is 0 Å². The third-order valence-corrected chi connectivity index (χ3v) is 5.40. The Labute approximate surface area is 207 Å². The van der Waals surface area contributed by atoms with Crippen molar-refractivity contribution in [1.29, 1.82) is 0 Å². The molecule has 1 unspecified atom stereocenters. The highest BCUT2D eigenvalue weighted by atomic mass is 19.4. The number of anilines is 1. The van der Waals surface area contributed by atoms with E-state index < -0.39 is 30.2 Å². The molecule has 0 spiro atoms. The molecule has 3 aromatic carbocycles. The molecule has 0 fully saturated rings. The Kier molecular flexibility index (Phi) is 7.92. The van der Waals surface area contributed by atoms with E-state index in [4.69, 9.17) is 4.74 Å². The summed E-state index contributed by atoms with van der Waals surface area (Å²) in [6.07, 6.45) is -4.80. The van der Waals surface area contributed by atoms with Crippen molar-refractivity contribution in [3.05, 3.63) is 95.1 Å². The van der Waals surface area contributed by atoms with E-state index in [2.05, 4.69) is 36.1 Å². The predicted octanol–water partition coefficient (Wildman–Crippen LogP) is 6.58. The summed E-state index contributed by atoms with van der Waals surface area (Å²) in [5.74, 6) is -0.868. The number of methoxy groups -OCH3 is 1. The molecule has 36 heavy (non-hydrogen) atoms. The van der Waals surface area contributed by atoms with E-state index in [0.717, 1.165) is 28.8 Å². The number of hydrogen-bond acceptors (Lipinski definition) is 4. The number of rotatable bonds is 6. The summed E-state index contributed by atoms with van der Waals surface area (Å²) in [5.41, 5.74) is 3.24. The molecule has 0 aromatic heterocycles. The molecule has 9 heteroatoms. The SMILES string of the molecule is COC(=O)c1ccc(C(NC(=O)Nc2ccc(OC(F)(F)F)cc2)c2ccc(C(C)(C)C)cc2)cc1. The molecule has 6 nitrogen and oxygen atoms in total. The number of ether oxygens (including phenoxy) is 2. The minimum Gasteiger partial charge on any atom is -0.465 e. The molecule has 0 aliphatic rings. The zero-order chi connectivity index (χ0) is 26.5. The Morgan fingerprint density at radius 1 is 0.806 bits per heavy atom. The van der Waals surface area contributed by atoms with Gasteiger partial charge < -0.3 is 20.1 Å². The maximum Gasteiger partial charge on any atom is 0.573 e. The fourth-order valence-electron chi connectivity index (χ4n) is 3.50. The molecule has 0 saturated carbocycles. The van der Waals surface area contributed by atoms with Gasteiger partial charge >= 0.3 is 18.4 Å². The first-order chi connectivity index (χ1) is 16.9. The summed E-state index contributed by atoms with van der Waals surface area (Å²) >= 11 is 0. The highest BCUT2D eigenvalue weighted by molar-refractivity contribution is 5.90. The Morgan fingerprint density at radius 3 is 1.81 bits per heavy atom. The molecule has 0 saturated heterocycles. The number of urea groups is 1. The molecule has 3 rings (SSSR count). The van der Waals surface area contributed by atoms with Gasteiger partial charge in [0.05, 0.1) is 18.7 Å². The zero-order valence-electron chi connectivity index (χ0n) is 20.3.